The van der Waals surface area contributed by atoms with Gasteiger partial charge >= 0.3 is 12.1 Å². The van der Waals surface area contributed by atoms with Crippen LogP contribution in [0.1, 0.15) is 65.4 Å². The van der Waals surface area contributed by atoms with Gasteiger partial charge in [-0.3, -0.25) is 19.5 Å². The van der Waals surface area contributed by atoms with Crippen molar-refractivity contribution in [2.45, 2.75) is 49.6 Å². The molecule has 1 fully saturated rings. The van der Waals surface area contributed by atoms with E-state index >= 15 is 4.79 Å². The number of fused-ring (bicyclic) bond motifs is 1. The predicted octanol–water partition coefficient (Wildman–Crippen LogP) is 11.7. The Balaban J connectivity index is 1.04. The summed E-state index contributed by atoms with van der Waals surface area (Å²) >= 11 is 2.63. The SMILES string of the molecule is CC(C)COC(=O)OC(C)OC(=O)C1=C(/C=C\c2cccnc2)CS[C@@H]2[C@H](NC(=O)C(=NOC(c3ccccc3)(c3ccccc3)c3ccccc3)c3csc(NC(c4ccccc4)(c4ccccc4)c4ccccc4)n3)C(=O)N12. The fourth-order valence-electron chi connectivity index (χ4n) is 9.65. The first-order valence-electron chi connectivity index (χ1n) is 26.0. The standard InChI is InChI=1S/C64H56N6O8S2/c1-43(2)40-75-62(74)77-44(3)76-60(73)56-46(37-36-45-23-22-38-65-39-45)41-79-59-55(58(72)70(56)59)67-57(71)54(69-78-64(50-30-16-7-17-31-50,51-32-18-8-19-33-51)52-34-20-9-21-35-52)53-42-80-61(66-53)68-63(47-24-10-4-11-25-47,48-26-12-5-13-27-48)49-28-14-6-15-29-49/h4-39,42-44,55,59H,40-41H2,1-3H3,(H,66,68)(H,67,71)/b37-36-,69-54?/t44?,55-,59-/m1/s1. The molecule has 80 heavy (non-hydrogen) atoms. The van der Waals surface area contributed by atoms with Gasteiger partial charge in [-0.2, -0.15) is 0 Å². The number of carbonyl (C=O) groups excluding carboxylic acids is 4. The van der Waals surface area contributed by atoms with Gasteiger partial charge in [0.2, 0.25) is 11.9 Å². The molecule has 10 rings (SSSR count). The van der Waals surface area contributed by atoms with E-state index in [0.717, 1.165) is 38.9 Å². The molecule has 16 heteroatoms. The van der Waals surface area contributed by atoms with Crippen molar-refractivity contribution in [3.63, 3.8) is 0 Å². The second kappa shape index (κ2) is 24.7. The normalized spacial score (nSPS) is 15.8. The van der Waals surface area contributed by atoms with E-state index in [1.165, 1.54) is 34.9 Å². The summed E-state index contributed by atoms with van der Waals surface area (Å²) in [6.45, 7) is 5.23. The van der Waals surface area contributed by atoms with Gasteiger partial charge in [0.1, 0.15) is 28.3 Å². The molecule has 1 saturated heterocycles. The number of allylic oxidation sites excluding steroid dienone is 1. The lowest BCUT2D eigenvalue weighted by Crippen LogP contribution is -2.71. The number of rotatable bonds is 20. The molecular formula is C64H56N6O8S2. The highest BCUT2D eigenvalue weighted by Crippen LogP contribution is 2.44. The number of hydrogen-bond acceptors (Lipinski definition) is 14. The second-order valence-corrected chi connectivity index (χ2v) is 21.2. The summed E-state index contributed by atoms with van der Waals surface area (Å²) in [4.78, 5) is 74.4. The van der Waals surface area contributed by atoms with Gasteiger partial charge in [0, 0.05) is 47.1 Å². The Bertz CT molecular complexity index is 3320. The number of thiazole rings is 1. The number of β-lactam (4-membered cyclic amide) rings is 1. The van der Waals surface area contributed by atoms with Crippen molar-refractivity contribution in [2.24, 2.45) is 11.1 Å². The van der Waals surface area contributed by atoms with Gasteiger partial charge in [-0.15, -0.1) is 23.1 Å². The number of anilines is 1. The van der Waals surface area contributed by atoms with Gasteiger partial charge in [-0.1, -0.05) is 219 Å². The van der Waals surface area contributed by atoms with Crippen LogP contribution in [-0.2, 0) is 44.6 Å². The summed E-state index contributed by atoms with van der Waals surface area (Å²) in [5.74, 6) is -1.99. The van der Waals surface area contributed by atoms with E-state index in [2.05, 4.69) is 52.0 Å². The van der Waals surface area contributed by atoms with Crippen LogP contribution in [0.3, 0.4) is 0 Å². The number of esters is 1. The van der Waals surface area contributed by atoms with Crippen LogP contribution in [0.4, 0.5) is 9.93 Å². The van der Waals surface area contributed by atoms with E-state index in [1.807, 2.05) is 166 Å². The van der Waals surface area contributed by atoms with E-state index in [9.17, 15) is 14.4 Å². The van der Waals surface area contributed by atoms with Crippen LogP contribution in [0, 0.1) is 5.92 Å². The molecule has 2 aliphatic rings. The molecule has 2 aliphatic heterocycles. The van der Waals surface area contributed by atoms with E-state index < -0.39 is 52.8 Å². The molecule has 6 aromatic carbocycles. The number of pyridine rings is 1. The first kappa shape index (κ1) is 54.2. The summed E-state index contributed by atoms with van der Waals surface area (Å²) in [5.41, 5.74) is 3.75. The monoisotopic (exact) mass is 1100 g/mol. The molecule has 8 aromatic rings. The quantitative estimate of drug-likeness (QED) is 0.0185. The molecule has 14 nitrogen and oxygen atoms in total. The molecule has 0 saturated carbocycles. The molecule has 1 unspecified atom stereocenters. The largest absolute Gasteiger partial charge is 0.511 e. The maximum absolute atomic E-state index is 15.4. The Hall–Kier alpha value is -9.12. The number of hydrogen-bond donors (Lipinski definition) is 2. The Morgan fingerprint density at radius 2 is 1.23 bits per heavy atom. The number of thioether (sulfide) groups is 1. The topological polar surface area (TPSA) is 171 Å². The Kier molecular flexibility index (Phi) is 16.7. The minimum absolute atomic E-state index is 0.0459. The van der Waals surface area contributed by atoms with Crippen molar-refractivity contribution in [3.05, 3.63) is 274 Å². The summed E-state index contributed by atoms with van der Waals surface area (Å²) in [6, 6.07) is 61.6. The molecular weight excluding hydrogens is 1040 g/mol. The Morgan fingerprint density at radius 3 is 1.73 bits per heavy atom. The van der Waals surface area contributed by atoms with Crippen LogP contribution < -0.4 is 10.6 Å². The van der Waals surface area contributed by atoms with Crippen molar-refractivity contribution in [2.75, 3.05) is 17.7 Å². The third-order valence-electron chi connectivity index (χ3n) is 13.4. The average Bonchev–Trinajstić information content (AvgIpc) is 4.04. The third kappa shape index (κ3) is 11.5. The maximum atomic E-state index is 15.4. The smallest absolute Gasteiger partial charge is 0.434 e. The minimum Gasteiger partial charge on any atom is -0.434 e. The van der Waals surface area contributed by atoms with Crippen LogP contribution >= 0.6 is 23.1 Å². The maximum Gasteiger partial charge on any atom is 0.511 e. The number of nitrogens with zero attached hydrogens (tertiary/aromatic N) is 4. The summed E-state index contributed by atoms with van der Waals surface area (Å²) in [5, 5.41) is 13.0. The molecule has 0 bridgehead atoms. The highest BCUT2D eigenvalue weighted by molar-refractivity contribution is 8.00. The number of aromatic nitrogens is 2. The van der Waals surface area contributed by atoms with Crippen LogP contribution in [0.15, 0.2) is 234 Å². The van der Waals surface area contributed by atoms with E-state index in [1.54, 1.807) is 36.0 Å². The summed E-state index contributed by atoms with van der Waals surface area (Å²) < 4.78 is 16.0. The lowest BCUT2D eigenvalue weighted by molar-refractivity contribution is -0.169. The fraction of sp³-hybridized carbons (Fsp3) is 0.172. The van der Waals surface area contributed by atoms with Crippen LogP contribution in [0.5, 0.6) is 0 Å². The van der Waals surface area contributed by atoms with Crippen LogP contribution in [0.25, 0.3) is 6.08 Å². The molecule has 2 aromatic heterocycles. The lowest BCUT2D eigenvalue weighted by Gasteiger charge is -2.49. The first-order valence-corrected chi connectivity index (χ1v) is 27.9. The molecule has 402 valence electrons. The summed E-state index contributed by atoms with van der Waals surface area (Å²) in [6.07, 6.45) is 4.41. The zero-order chi connectivity index (χ0) is 55.5. The molecule has 2 amide bonds. The van der Waals surface area contributed by atoms with Gasteiger partial charge in [0.15, 0.2) is 10.8 Å². The number of amides is 2. The van der Waals surface area contributed by atoms with E-state index in [-0.39, 0.29) is 35.4 Å². The van der Waals surface area contributed by atoms with Gasteiger partial charge in [0.05, 0.1) is 6.61 Å². The predicted molar refractivity (Wildman–Crippen MR) is 310 cm³/mol. The molecule has 4 heterocycles. The zero-order valence-corrected chi connectivity index (χ0v) is 45.6. The molecule has 0 aliphatic carbocycles. The van der Waals surface area contributed by atoms with Gasteiger partial charge in [0.25, 0.3) is 11.8 Å². The Morgan fingerprint density at radius 1 is 0.700 bits per heavy atom. The van der Waals surface area contributed by atoms with Crippen molar-refractivity contribution < 1.29 is 38.2 Å². The molecule has 3 atom stereocenters. The van der Waals surface area contributed by atoms with E-state index in [4.69, 9.17) is 29.2 Å². The first-order chi connectivity index (χ1) is 39.0. The van der Waals surface area contributed by atoms with Gasteiger partial charge in [-0.05, 0) is 39.8 Å². The van der Waals surface area contributed by atoms with Gasteiger partial charge < -0.3 is 29.7 Å². The van der Waals surface area contributed by atoms with Crippen LogP contribution in [-0.4, -0.2) is 74.6 Å². The fourth-order valence-corrected chi connectivity index (χ4v) is 11.7. The number of benzene rings is 6. The Labute approximate surface area is 472 Å². The molecule has 0 spiro atoms. The number of carbonyl (C=O) groups is 4. The van der Waals surface area contributed by atoms with Crippen LogP contribution in [0.2, 0.25) is 0 Å². The number of nitrogens with one attached hydrogen (secondary N) is 2. The second-order valence-electron chi connectivity index (χ2n) is 19.2. The molecule has 2 N–H and O–H groups in total. The minimum atomic E-state index is -1.40. The van der Waals surface area contributed by atoms with Crippen molar-refractivity contribution >= 4 is 64.0 Å². The van der Waals surface area contributed by atoms with Crippen molar-refractivity contribution in [3.8, 4) is 0 Å². The lowest BCUT2D eigenvalue weighted by atomic mass is 9.77. The van der Waals surface area contributed by atoms with Crippen molar-refractivity contribution in [1.29, 1.82) is 0 Å². The zero-order valence-electron chi connectivity index (χ0n) is 44.0. The highest BCUT2D eigenvalue weighted by atomic mass is 32.2. The number of oxime groups is 1. The summed E-state index contributed by atoms with van der Waals surface area (Å²) in [7, 11) is 0. The van der Waals surface area contributed by atoms with Gasteiger partial charge in [-0.25, -0.2) is 14.6 Å². The average molecular weight is 1100 g/mol. The number of ether oxygens (including phenoxy) is 3. The van der Waals surface area contributed by atoms with Crippen molar-refractivity contribution in [1.82, 2.24) is 20.2 Å². The van der Waals surface area contributed by atoms with E-state index in [0.29, 0.717) is 10.7 Å². The molecule has 0 radical (unpaired) electrons. The third-order valence-corrected chi connectivity index (χ3v) is 15.5. The highest BCUT2D eigenvalue weighted by Gasteiger charge is 2.55.